The summed E-state index contributed by atoms with van der Waals surface area (Å²) in [5.74, 6) is 1.68. The van der Waals surface area contributed by atoms with Crippen molar-refractivity contribution in [3.8, 4) is 29.0 Å². The molecule has 1 aliphatic carbocycles. The summed E-state index contributed by atoms with van der Waals surface area (Å²) in [5.41, 5.74) is 8.27. The van der Waals surface area contributed by atoms with Crippen LogP contribution in [-0.4, -0.2) is 40.0 Å². The number of nitrogen functional groups attached to an aromatic ring is 1. The highest BCUT2D eigenvalue weighted by Crippen LogP contribution is 2.41. The fourth-order valence-corrected chi connectivity index (χ4v) is 4.25. The van der Waals surface area contributed by atoms with Gasteiger partial charge in [-0.15, -0.1) is 0 Å². The summed E-state index contributed by atoms with van der Waals surface area (Å²) in [7, 11) is 0. The van der Waals surface area contributed by atoms with E-state index in [0.29, 0.717) is 35.8 Å². The molecule has 2 aliphatic rings. The lowest BCUT2D eigenvalue weighted by atomic mass is 10.0. The van der Waals surface area contributed by atoms with Gasteiger partial charge < -0.3 is 20.7 Å². The molecular formula is C27H25F2N5O2. The van der Waals surface area contributed by atoms with Crippen LogP contribution < -0.4 is 15.8 Å². The number of nitrogens with zero attached hydrogens (tertiary/aromatic N) is 3. The molecule has 2 fully saturated rings. The number of hydrogen-bond donors (Lipinski definition) is 2. The number of ether oxygens (including phenoxy) is 1. The Hall–Kier alpha value is -4.19. The summed E-state index contributed by atoms with van der Waals surface area (Å²) in [4.78, 5) is 23.1. The third-order valence-electron chi connectivity index (χ3n) is 6.40. The summed E-state index contributed by atoms with van der Waals surface area (Å²) in [5, 5.41) is 2.64. The third-order valence-corrected chi connectivity index (χ3v) is 6.40. The zero-order chi connectivity index (χ0) is 25.4. The predicted octanol–water partition coefficient (Wildman–Crippen LogP) is 4.49. The minimum absolute atomic E-state index is 0.107. The first kappa shape index (κ1) is 23.5. The van der Waals surface area contributed by atoms with Gasteiger partial charge in [-0.25, -0.2) is 18.7 Å². The maximum Gasteiger partial charge on any atom is 0.258 e. The summed E-state index contributed by atoms with van der Waals surface area (Å²) < 4.78 is 35.4. The van der Waals surface area contributed by atoms with Gasteiger partial charge in [0.25, 0.3) is 5.91 Å². The number of anilines is 2. The highest BCUT2D eigenvalue weighted by atomic mass is 19.1. The van der Waals surface area contributed by atoms with Crippen molar-refractivity contribution in [3.63, 3.8) is 0 Å². The molecule has 2 heterocycles. The molecule has 5 rings (SSSR count). The molecule has 2 aromatic carbocycles. The van der Waals surface area contributed by atoms with Crippen molar-refractivity contribution in [2.75, 3.05) is 24.1 Å². The number of amides is 1. The second-order valence-corrected chi connectivity index (χ2v) is 9.04. The van der Waals surface area contributed by atoms with E-state index in [1.807, 2.05) is 4.90 Å². The highest BCUT2D eigenvalue weighted by molar-refractivity contribution is 6.05. The maximum absolute atomic E-state index is 14.7. The Bertz CT molecular complexity index is 1410. The first-order chi connectivity index (χ1) is 17.3. The van der Waals surface area contributed by atoms with E-state index in [0.717, 1.165) is 18.4 Å². The Balaban J connectivity index is 1.43. The second kappa shape index (κ2) is 9.46. The van der Waals surface area contributed by atoms with E-state index >= 15 is 0 Å². The fourth-order valence-electron chi connectivity index (χ4n) is 4.25. The summed E-state index contributed by atoms with van der Waals surface area (Å²) in [6.45, 7) is 4.64. The lowest BCUT2D eigenvalue weighted by Gasteiger charge is -2.36. The minimum atomic E-state index is -0.667. The Morgan fingerprint density at radius 2 is 1.97 bits per heavy atom. The van der Waals surface area contributed by atoms with Crippen molar-refractivity contribution in [1.82, 2.24) is 14.9 Å². The van der Waals surface area contributed by atoms with Crippen LogP contribution in [-0.2, 0) is 0 Å². The van der Waals surface area contributed by atoms with Crippen LogP contribution in [0.15, 0.2) is 36.7 Å². The molecule has 1 saturated carbocycles. The van der Waals surface area contributed by atoms with Crippen LogP contribution in [0.4, 0.5) is 20.3 Å². The molecule has 9 heteroatoms. The quantitative estimate of drug-likeness (QED) is 0.496. The zero-order valence-electron chi connectivity index (χ0n) is 19.9. The van der Waals surface area contributed by atoms with Crippen molar-refractivity contribution in [1.29, 1.82) is 0 Å². The normalized spacial score (nSPS) is 15.1. The van der Waals surface area contributed by atoms with Gasteiger partial charge in [0.1, 0.15) is 29.8 Å². The number of rotatable bonds is 6. The SMILES string of the molecule is CC#CN1CC(Oc2c(N)ncnc2-c2cc(F)cc(NC(=O)c3ccc(C4CC4)cc3F)c2C)C1. The topological polar surface area (TPSA) is 93.4 Å². The predicted molar refractivity (Wildman–Crippen MR) is 132 cm³/mol. The zero-order valence-corrected chi connectivity index (χ0v) is 19.9. The number of nitrogens with one attached hydrogen (secondary N) is 1. The van der Waals surface area contributed by atoms with Crippen LogP contribution in [0.2, 0.25) is 0 Å². The van der Waals surface area contributed by atoms with Crippen LogP contribution in [0.25, 0.3) is 11.3 Å². The van der Waals surface area contributed by atoms with Crippen molar-refractivity contribution in [3.05, 3.63) is 65.0 Å². The summed E-state index contributed by atoms with van der Waals surface area (Å²) in [6, 6.07) is 10.1. The molecule has 0 spiro atoms. The number of benzene rings is 2. The van der Waals surface area contributed by atoms with Gasteiger partial charge in [0.05, 0.1) is 18.7 Å². The number of hydrogen-bond acceptors (Lipinski definition) is 6. The van der Waals surface area contributed by atoms with Gasteiger partial charge in [-0.3, -0.25) is 4.79 Å². The van der Waals surface area contributed by atoms with E-state index in [1.54, 1.807) is 19.9 Å². The van der Waals surface area contributed by atoms with E-state index in [4.69, 9.17) is 10.5 Å². The standard InChI is InChI=1S/C27H25F2N5O2/c1-3-8-34-12-19(13-34)36-25-24(31-14-32-26(25)30)21-10-18(28)11-23(15(21)2)33-27(35)20-7-6-17(9-22(20)29)16-4-5-16/h6-7,9-11,14,16,19H,4-5,12-13H2,1-2H3,(H,33,35)(H2,30,31,32). The van der Waals surface area contributed by atoms with Gasteiger partial charge in [-0.1, -0.05) is 12.0 Å². The van der Waals surface area contributed by atoms with Crippen molar-refractivity contribution in [2.45, 2.75) is 38.7 Å². The van der Waals surface area contributed by atoms with Crippen LogP contribution in [0, 0.1) is 30.5 Å². The Morgan fingerprint density at radius 1 is 1.19 bits per heavy atom. The lowest BCUT2D eigenvalue weighted by molar-refractivity contribution is 0.0611. The fraction of sp³-hybridized carbons (Fsp3) is 0.296. The van der Waals surface area contributed by atoms with E-state index in [2.05, 4.69) is 27.2 Å². The van der Waals surface area contributed by atoms with Gasteiger partial charge in [0.2, 0.25) is 0 Å². The van der Waals surface area contributed by atoms with Gasteiger partial charge in [-0.2, -0.15) is 0 Å². The van der Waals surface area contributed by atoms with Crippen LogP contribution in [0.1, 0.15) is 47.2 Å². The third kappa shape index (κ3) is 4.67. The molecule has 0 radical (unpaired) electrons. The molecule has 7 nitrogen and oxygen atoms in total. The molecule has 0 atom stereocenters. The van der Waals surface area contributed by atoms with Gasteiger partial charge in [0, 0.05) is 17.3 Å². The molecule has 0 unspecified atom stereocenters. The number of carbonyl (C=O) groups excluding carboxylic acids is 1. The number of nitrogens with two attached hydrogens (primary N) is 1. The lowest BCUT2D eigenvalue weighted by Crippen LogP contribution is -2.51. The molecule has 1 amide bonds. The Morgan fingerprint density at radius 3 is 2.67 bits per heavy atom. The molecule has 1 saturated heterocycles. The van der Waals surface area contributed by atoms with Crippen LogP contribution in [0.3, 0.4) is 0 Å². The van der Waals surface area contributed by atoms with Gasteiger partial charge >= 0.3 is 0 Å². The van der Waals surface area contributed by atoms with Crippen molar-refractivity contribution in [2.24, 2.45) is 0 Å². The molecule has 1 aliphatic heterocycles. The Labute approximate surface area is 207 Å². The van der Waals surface area contributed by atoms with Crippen molar-refractivity contribution >= 4 is 17.4 Å². The van der Waals surface area contributed by atoms with Gasteiger partial charge in [-0.05, 0) is 68.0 Å². The van der Waals surface area contributed by atoms with E-state index in [1.165, 1.54) is 30.6 Å². The van der Waals surface area contributed by atoms with E-state index in [-0.39, 0.29) is 28.9 Å². The highest BCUT2D eigenvalue weighted by Gasteiger charge is 2.30. The molecule has 0 bridgehead atoms. The molecule has 184 valence electrons. The molecule has 1 aromatic heterocycles. The molecular weight excluding hydrogens is 464 g/mol. The average Bonchev–Trinajstić information content (AvgIpc) is 3.66. The Kier molecular flexibility index (Phi) is 6.18. The monoisotopic (exact) mass is 489 g/mol. The first-order valence-corrected chi connectivity index (χ1v) is 11.7. The molecule has 3 aromatic rings. The van der Waals surface area contributed by atoms with E-state index < -0.39 is 17.5 Å². The van der Waals surface area contributed by atoms with Crippen LogP contribution in [0.5, 0.6) is 5.75 Å². The molecule has 36 heavy (non-hydrogen) atoms. The average molecular weight is 490 g/mol. The summed E-state index contributed by atoms with van der Waals surface area (Å²) in [6.07, 6.45) is 3.16. The number of carbonyl (C=O) groups is 1. The van der Waals surface area contributed by atoms with Gasteiger partial charge in [0.15, 0.2) is 11.6 Å². The largest absolute Gasteiger partial charge is 0.480 e. The second-order valence-electron chi connectivity index (χ2n) is 9.04. The van der Waals surface area contributed by atoms with Crippen molar-refractivity contribution < 1.29 is 18.3 Å². The minimum Gasteiger partial charge on any atom is -0.480 e. The maximum atomic E-state index is 14.7. The number of likely N-dealkylation sites (tertiary alicyclic amines) is 1. The summed E-state index contributed by atoms with van der Waals surface area (Å²) >= 11 is 0. The van der Waals surface area contributed by atoms with Crippen LogP contribution >= 0.6 is 0 Å². The first-order valence-electron chi connectivity index (χ1n) is 11.7. The molecule has 3 N–H and O–H groups in total. The number of aromatic nitrogens is 2. The number of halogens is 2. The smallest absolute Gasteiger partial charge is 0.258 e. The van der Waals surface area contributed by atoms with E-state index in [9.17, 15) is 13.6 Å².